The molecule has 61 heavy (non-hydrogen) atoms. The summed E-state index contributed by atoms with van der Waals surface area (Å²) in [6, 6.07) is 13.6. The molecule has 0 bridgehead atoms. The Morgan fingerprint density at radius 3 is 2.43 bits per heavy atom. The number of carbonyl (C=O) groups excluding carboxylic acids is 4. The van der Waals surface area contributed by atoms with Crippen LogP contribution in [-0.2, 0) is 29.1 Å². The molecule has 15 nitrogen and oxygen atoms in total. The van der Waals surface area contributed by atoms with Gasteiger partial charge in [0, 0.05) is 29.4 Å². The number of benzene rings is 2. The number of alkyl carbamates (subject to hydrolysis) is 1. The molecule has 0 radical (unpaired) electrons. The third-order valence-electron chi connectivity index (χ3n) is 12.8. The van der Waals surface area contributed by atoms with E-state index in [1.165, 1.54) is 4.90 Å². The summed E-state index contributed by atoms with van der Waals surface area (Å²) in [6.07, 6.45) is 10.1. The van der Waals surface area contributed by atoms with Crippen LogP contribution in [-0.4, -0.2) is 93.4 Å². The molecule has 0 unspecified atom stereocenters. The third-order valence-corrected chi connectivity index (χ3v) is 14.7. The van der Waals surface area contributed by atoms with E-state index in [9.17, 15) is 27.6 Å². The fraction of sp³-hybridized carbons (Fsp3) is 0.511. The first-order chi connectivity index (χ1) is 29.4. The number of aromatic nitrogens is 3. The standard InChI is InChI=1S/C45H53N7O8S/c1-27-14-17-29(18-15-27)37-24-39(52-40(46-37)34-22-28(2)16-21-35(34)49-52)59-32-23-38-41(53)48-45(43(55)50-61(57,58)33-19-20-33)25-30(45)10-6-4-3-5-7-13-36(42(54)51(38)26-32)47-44(56)60-31-11-8-9-12-31/h6,10,14-18,21-22,24,30-33,36,38H,3-5,7-9,11-13,19-20,23,25-26H2,1-2H3,(H,47,56)(H,48,53)(H,50,55)/b10-6-/t30-,32+,36-,38-,45+/m0/s1. The largest absolute Gasteiger partial charge is 0.472 e. The van der Waals surface area contributed by atoms with E-state index in [0.29, 0.717) is 49.3 Å². The number of sulfonamides is 1. The molecule has 2 aromatic heterocycles. The first-order valence-electron chi connectivity index (χ1n) is 21.7. The number of fused-ring (bicyclic) bond motifs is 5. The van der Waals surface area contributed by atoms with Crippen LogP contribution in [0.4, 0.5) is 4.79 Å². The first-order valence-corrected chi connectivity index (χ1v) is 23.3. The van der Waals surface area contributed by atoms with Crippen LogP contribution in [0, 0.1) is 19.8 Å². The molecule has 5 atom stereocenters. The van der Waals surface area contributed by atoms with E-state index >= 15 is 0 Å². The molecule has 4 aromatic rings. The number of nitrogens with zero attached hydrogens (tertiary/aromatic N) is 4. The molecule has 3 aliphatic carbocycles. The van der Waals surface area contributed by atoms with E-state index in [2.05, 4.69) is 15.4 Å². The summed E-state index contributed by atoms with van der Waals surface area (Å²) in [6.45, 7) is 4.00. The lowest BCUT2D eigenvalue weighted by Crippen LogP contribution is -2.58. The number of nitrogens with one attached hydrogen (secondary N) is 3. The highest BCUT2D eigenvalue weighted by molar-refractivity contribution is 7.91. The second kappa shape index (κ2) is 16.4. The SMILES string of the molecule is Cc1ccc(-c2cc(O[C@@H]3C[C@H]4C(=O)N[C@]5(C(=O)NS(=O)(=O)C6CC6)C[C@@H]5/C=C\CCCCC[C@H](NC(=O)OC5CCCC5)C(=O)N4C3)n3nc4ccc(C)cc4c3n2)cc1. The first kappa shape index (κ1) is 40.9. The molecule has 3 saturated carbocycles. The normalized spacial score (nSPS) is 26.8. The number of hydrogen-bond donors (Lipinski definition) is 3. The second-order valence-corrected chi connectivity index (χ2v) is 19.6. The van der Waals surface area contributed by atoms with Gasteiger partial charge in [-0.1, -0.05) is 66.5 Å². The van der Waals surface area contributed by atoms with Crippen molar-refractivity contribution in [3.8, 4) is 17.1 Å². The van der Waals surface area contributed by atoms with E-state index in [1.54, 1.807) is 10.6 Å². The summed E-state index contributed by atoms with van der Waals surface area (Å²) < 4.78 is 42.4. The molecule has 2 aromatic carbocycles. The second-order valence-electron chi connectivity index (χ2n) is 17.6. The average molecular weight is 852 g/mol. The fourth-order valence-electron chi connectivity index (χ4n) is 9.08. The predicted molar refractivity (Wildman–Crippen MR) is 227 cm³/mol. The lowest BCUT2D eigenvalue weighted by Gasteiger charge is -2.30. The van der Waals surface area contributed by atoms with E-state index < -0.39 is 68.7 Å². The van der Waals surface area contributed by atoms with Gasteiger partial charge in [-0.3, -0.25) is 19.1 Å². The predicted octanol–water partition coefficient (Wildman–Crippen LogP) is 5.56. The van der Waals surface area contributed by atoms with Gasteiger partial charge in [0.15, 0.2) is 5.65 Å². The van der Waals surface area contributed by atoms with Gasteiger partial charge in [-0.25, -0.2) is 18.2 Å². The number of aryl methyl sites for hydroxylation is 2. The average Bonchev–Trinajstić information content (AvgIpc) is 4.05. The topological polar surface area (TPSA) is 190 Å². The Kier molecular flexibility index (Phi) is 11.0. The molecule has 322 valence electrons. The van der Waals surface area contributed by atoms with Crippen LogP contribution in [0.5, 0.6) is 5.88 Å². The highest BCUT2D eigenvalue weighted by Crippen LogP contribution is 2.46. The number of amides is 4. The Bertz CT molecular complexity index is 2510. The van der Waals surface area contributed by atoms with Crippen molar-refractivity contribution in [1.82, 2.24) is 34.9 Å². The zero-order valence-electron chi connectivity index (χ0n) is 34.6. The van der Waals surface area contributed by atoms with Crippen molar-refractivity contribution >= 4 is 50.4 Å². The van der Waals surface area contributed by atoms with Crippen molar-refractivity contribution in [3.63, 3.8) is 0 Å². The molecule has 4 amide bonds. The maximum absolute atomic E-state index is 14.8. The summed E-state index contributed by atoms with van der Waals surface area (Å²) >= 11 is 0. The summed E-state index contributed by atoms with van der Waals surface area (Å²) in [5.41, 5.74) is 3.45. The Labute approximate surface area is 355 Å². The number of carbonyl (C=O) groups is 4. The van der Waals surface area contributed by atoms with Gasteiger partial charge in [-0.15, -0.1) is 0 Å². The zero-order chi connectivity index (χ0) is 42.5. The molecular weight excluding hydrogens is 799 g/mol. The number of hydrogen-bond acceptors (Lipinski definition) is 10. The van der Waals surface area contributed by atoms with Crippen LogP contribution < -0.4 is 20.1 Å². The van der Waals surface area contributed by atoms with Gasteiger partial charge >= 0.3 is 6.09 Å². The quantitative estimate of drug-likeness (QED) is 0.190. The van der Waals surface area contributed by atoms with Gasteiger partial charge in [0.2, 0.25) is 27.7 Å². The maximum atomic E-state index is 14.8. The van der Waals surface area contributed by atoms with Crippen molar-refractivity contribution in [3.05, 3.63) is 71.8 Å². The molecular formula is C45H53N7O8S. The molecule has 1 saturated heterocycles. The molecule has 3 N–H and O–H groups in total. The van der Waals surface area contributed by atoms with Crippen molar-refractivity contribution in [2.45, 2.75) is 132 Å². The Balaban J connectivity index is 1.06. The van der Waals surface area contributed by atoms with Crippen LogP contribution in [0.3, 0.4) is 0 Å². The van der Waals surface area contributed by atoms with Gasteiger partial charge in [-0.2, -0.15) is 9.61 Å². The molecule has 9 rings (SSSR count). The summed E-state index contributed by atoms with van der Waals surface area (Å²) in [5, 5.41) is 10.8. The Morgan fingerprint density at radius 1 is 0.902 bits per heavy atom. The van der Waals surface area contributed by atoms with Gasteiger partial charge in [-0.05, 0) is 90.2 Å². The van der Waals surface area contributed by atoms with Gasteiger partial charge < -0.3 is 25.0 Å². The lowest BCUT2D eigenvalue weighted by molar-refractivity contribution is -0.141. The van der Waals surface area contributed by atoms with Crippen molar-refractivity contribution in [2.75, 3.05) is 6.54 Å². The molecule has 0 spiro atoms. The summed E-state index contributed by atoms with van der Waals surface area (Å²) in [4.78, 5) is 63.1. The lowest BCUT2D eigenvalue weighted by atomic mass is 10.0. The van der Waals surface area contributed by atoms with E-state index in [4.69, 9.17) is 19.6 Å². The minimum absolute atomic E-state index is 0.0189. The third kappa shape index (κ3) is 8.55. The van der Waals surface area contributed by atoms with E-state index in [0.717, 1.165) is 66.1 Å². The summed E-state index contributed by atoms with van der Waals surface area (Å²) in [5.74, 6) is -1.94. The molecule has 4 fully saturated rings. The van der Waals surface area contributed by atoms with Crippen LogP contribution in [0.1, 0.15) is 94.6 Å². The Hall–Kier alpha value is -5.51. The summed E-state index contributed by atoms with van der Waals surface area (Å²) in [7, 11) is -3.91. The monoisotopic (exact) mass is 851 g/mol. The highest BCUT2D eigenvalue weighted by Gasteiger charge is 2.62. The van der Waals surface area contributed by atoms with Crippen LogP contribution in [0.15, 0.2) is 60.7 Å². The number of rotatable bonds is 8. The molecule has 5 aliphatic rings. The van der Waals surface area contributed by atoms with Gasteiger partial charge in [0.1, 0.15) is 29.8 Å². The van der Waals surface area contributed by atoms with Crippen LogP contribution in [0.25, 0.3) is 27.8 Å². The van der Waals surface area contributed by atoms with Crippen LogP contribution >= 0.6 is 0 Å². The number of ether oxygens (including phenoxy) is 2. The van der Waals surface area contributed by atoms with Crippen molar-refractivity contribution < 1.29 is 37.1 Å². The minimum atomic E-state index is -3.91. The smallest absolute Gasteiger partial charge is 0.408 e. The van der Waals surface area contributed by atoms with E-state index in [-0.39, 0.29) is 25.5 Å². The fourth-order valence-corrected chi connectivity index (χ4v) is 10.4. The molecule has 4 heterocycles. The highest BCUT2D eigenvalue weighted by atomic mass is 32.2. The molecule has 16 heteroatoms. The molecule has 2 aliphatic heterocycles. The van der Waals surface area contributed by atoms with Gasteiger partial charge in [0.05, 0.1) is 23.0 Å². The van der Waals surface area contributed by atoms with Crippen LogP contribution in [0.2, 0.25) is 0 Å². The minimum Gasteiger partial charge on any atom is -0.472 e. The maximum Gasteiger partial charge on any atom is 0.408 e. The van der Waals surface area contributed by atoms with Gasteiger partial charge in [0.25, 0.3) is 5.91 Å². The zero-order valence-corrected chi connectivity index (χ0v) is 35.4. The van der Waals surface area contributed by atoms with E-state index in [1.807, 2.05) is 68.5 Å². The van der Waals surface area contributed by atoms with Crippen molar-refractivity contribution in [2.24, 2.45) is 5.92 Å². The Morgan fingerprint density at radius 2 is 1.66 bits per heavy atom. The number of allylic oxidation sites excluding steroid dienone is 1. The van der Waals surface area contributed by atoms with Crippen molar-refractivity contribution in [1.29, 1.82) is 0 Å².